The number of nitrogens with one attached hydrogen (secondary N) is 2. The molecule has 0 aliphatic rings. The Balaban J connectivity index is 2.79. The summed E-state index contributed by atoms with van der Waals surface area (Å²) in [6.45, 7) is 2.68. The van der Waals surface area contributed by atoms with Crippen LogP contribution in [0.2, 0.25) is 0 Å². The fraction of sp³-hybridized carbons (Fsp3) is 0.500. The van der Waals surface area contributed by atoms with Crippen molar-refractivity contribution < 1.29 is 22.5 Å². The molecule has 8 nitrogen and oxygen atoms in total. The minimum Gasteiger partial charge on any atom is -0.383 e. The van der Waals surface area contributed by atoms with Crippen LogP contribution in [0.15, 0.2) is 17.0 Å². The number of hydrogen-bond donors (Lipinski definition) is 2. The van der Waals surface area contributed by atoms with Gasteiger partial charge in [-0.3, -0.25) is 10.1 Å². The SMILES string of the molecule is COCCNCCNS(=O)(=O)c1cc(F)c(C)c([N+](=O)[O-])c1. The predicted molar refractivity (Wildman–Crippen MR) is 77.7 cm³/mol. The summed E-state index contributed by atoms with van der Waals surface area (Å²) >= 11 is 0. The Kier molecular flexibility index (Phi) is 6.81. The summed E-state index contributed by atoms with van der Waals surface area (Å²) in [6, 6.07) is 1.61. The number of nitro benzene ring substituents is 1. The van der Waals surface area contributed by atoms with Crippen LogP contribution in [0.25, 0.3) is 0 Å². The molecule has 1 aromatic rings. The first-order valence-electron chi connectivity index (χ1n) is 6.43. The van der Waals surface area contributed by atoms with Gasteiger partial charge in [0.15, 0.2) is 0 Å². The number of rotatable bonds is 9. The molecule has 22 heavy (non-hydrogen) atoms. The highest BCUT2D eigenvalue weighted by atomic mass is 32.2. The molecule has 0 aromatic heterocycles. The molecule has 1 aromatic carbocycles. The van der Waals surface area contributed by atoms with Gasteiger partial charge in [0, 0.05) is 32.8 Å². The zero-order valence-electron chi connectivity index (χ0n) is 12.3. The number of halogens is 1. The maximum absolute atomic E-state index is 13.6. The van der Waals surface area contributed by atoms with E-state index >= 15 is 0 Å². The Bertz CT molecular complexity index is 636. The Hall–Kier alpha value is -1.62. The van der Waals surface area contributed by atoms with Gasteiger partial charge in [-0.15, -0.1) is 0 Å². The largest absolute Gasteiger partial charge is 0.383 e. The standard InChI is InChI=1S/C12H18FN3O5S/c1-9-11(13)7-10(8-12(9)16(17)18)22(19,20)15-4-3-14-5-6-21-2/h7-8,14-15H,3-6H2,1-2H3. The van der Waals surface area contributed by atoms with E-state index in [1.807, 2.05) is 0 Å². The third kappa shape index (κ3) is 4.98. The summed E-state index contributed by atoms with van der Waals surface area (Å²) in [7, 11) is -2.47. The molecule has 0 radical (unpaired) electrons. The van der Waals surface area contributed by atoms with E-state index in [0.717, 1.165) is 12.1 Å². The summed E-state index contributed by atoms with van der Waals surface area (Å²) < 4.78 is 44.7. The Morgan fingerprint density at radius 3 is 2.59 bits per heavy atom. The molecule has 0 heterocycles. The smallest absolute Gasteiger partial charge is 0.276 e. The monoisotopic (exact) mass is 335 g/mol. The molecule has 0 spiro atoms. The van der Waals surface area contributed by atoms with Gasteiger partial charge < -0.3 is 10.1 Å². The van der Waals surface area contributed by atoms with E-state index in [-0.39, 0.29) is 12.1 Å². The van der Waals surface area contributed by atoms with Gasteiger partial charge in [0.05, 0.1) is 22.0 Å². The molecule has 0 aliphatic heterocycles. The highest BCUT2D eigenvalue weighted by molar-refractivity contribution is 7.89. The zero-order chi connectivity index (χ0) is 16.8. The summed E-state index contributed by atoms with van der Waals surface area (Å²) in [5, 5.41) is 13.7. The second-order valence-electron chi connectivity index (χ2n) is 4.45. The Labute approximate surface area is 127 Å². The molecule has 2 N–H and O–H groups in total. The number of ether oxygens (including phenoxy) is 1. The van der Waals surface area contributed by atoms with Crippen LogP contribution in [0.1, 0.15) is 5.56 Å². The number of nitro groups is 1. The molecule has 0 amide bonds. The maximum atomic E-state index is 13.6. The Morgan fingerprint density at radius 2 is 2.00 bits per heavy atom. The molecule has 0 saturated heterocycles. The summed E-state index contributed by atoms with van der Waals surface area (Å²) in [5.41, 5.74) is -0.774. The second-order valence-corrected chi connectivity index (χ2v) is 6.21. The fourth-order valence-electron chi connectivity index (χ4n) is 1.64. The number of hydrogen-bond acceptors (Lipinski definition) is 6. The third-order valence-corrected chi connectivity index (χ3v) is 4.31. The topological polar surface area (TPSA) is 111 Å². The van der Waals surface area contributed by atoms with Gasteiger partial charge in [-0.1, -0.05) is 0 Å². The molecule has 0 aliphatic carbocycles. The molecular weight excluding hydrogens is 317 g/mol. The van der Waals surface area contributed by atoms with E-state index in [1.54, 1.807) is 7.11 Å². The van der Waals surface area contributed by atoms with Crippen molar-refractivity contribution in [2.24, 2.45) is 0 Å². The van der Waals surface area contributed by atoms with E-state index in [1.165, 1.54) is 6.92 Å². The summed E-state index contributed by atoms with van der Waals surface area (Å²) in [6.07, 6.45) is 0. The van der Waals surface area contributed by atoms with Crippen molar-refractivity contribution in [2.45, 2.75) is 11.8 Å². The number of sulfonamides is 1. The average Bonchev–Trinajstić information content (AvgIpc) is 2.44. The van der Waals surface area contributed by atoms with Gasteiger partial charge in [0.2, 0.25) is 10.0 Å². The number of methoxy groups -OCH3 is 1. The minimum atomic E-state index is -4.01. The van der Waals surface area contributed by atoms with Crippen LogP contribution < -0.4 is 10.0 Å². The molecule has 0 fully saturated rings. The first-order chi connectivity index (χ1) is 10.3. The lowest BCUT2D eigenvalue weighted by atomic mass is 10.2. The fourth-order valence-corrected chi connectivity index (χ4v) is 2.70. The van der Waals surface area contributed by atoms with Crippen LogP contribution in [-0.2, 0) is 14.8 Å². The van der Waals surface area contributed by atoms with E-state index in [2.05, 4.69) is 10.0 Å². The van der Waals surface area contributed by atoms with Crippen molar-refractivity contribution in [3.05, 3.63) is 33.6 Å². The Morgan fingerprint density at radius 1 is 1.32 bits per heavy atom. The minimum absolute atomic E-state index is 0.0648. The normalized spacial score (nSPS) is 11.6. The van der Waals surface area contributed by atoms with Gasteiger partial charge in [0.25, 0.3) is 5.69 Å². The molecular formula is C12H18FN3O5S. The van der Waals surface area contributed by atoms with Crippen LogP contribution in [-0.4, -0.2) is 46.7 Å². The highest BCUT2D eigenvalue weighted by Crippen LogP contribution is 2.25. The van der Waals surface area contributed by atoms with Gasteiger partial charge >= 0.3 is 0 Å². The molecule has 0 atom stereocenters. The van der Waals surface area contributed by atoms with Gasteiger partial charge in [-0.25, -0.2) is 17.5 Å². The predicted octanol–water partition coefficient (Wildman–Crippen LogP) is 0.557. The van der Waals surface area contributed by atoms with E-state index in [9.17, 15) is 22.9 Å². The second kappa shape index (κ2) is 8.13. The first-order valence-corrected chi connectivity index (χ1v) is 7.91. The lowest BCUT2D eigenvalue weighted by Crippen LogP contribution is -2.33. The molecule has 0 unspecified atom stereocenters. The van der Waals surface area contributed by atoms with E-state index in [4.69, 9.17) is 4.74 Å². The number of benzene rings is 1. The van der Waals surface area contributed by atoms with Crippen molar-refractivity contribution in [1.82, 2.24) is 10.0 Å². The summed E-state index contributed by atoms with van der Waals surface area (Å²) in [4.78, 5) is 9.53. The van der Waals surface area contributed by atoms with Crippen molar-refractivity contribution in [1.29, 1.82) is 0 Å². The van der Waals surface area contributed by atoms with Crippen LogP contribution in [0, 0.1) is 22.9 Å². The van der Waals surface area contributed by atoms with Crippen molar-refractivity contribution in [3.8, 4) is 0 Å². The van der Waals surface area contributed by atoms with E-state index in [0.29, 0.717) is 19.7 Å². The van der Waals surface area contributed by atoms with Gasteiger partial charge in [-0.05, 0) is 13.0 Å². The van der Waals surface area contributed by atoms with Crippen LogP contribution in [0.4, 0.5) is 10.1 Å². The van der Waals surface area contributed by atoms with Crippen LogP contribution in [0.3, 0.4) is 0 Å². The molecule has 10 heteroatoms. The highest BCUT2D eigenvalue weighted by Gasteiger charge is 2.22. The molecule has 0 saturated carbocycles. The van der Waals surface area contributed by atoms with Gasteiger partial charge in [-0.2, -0.15) is 0 Å². The van der Waals surface area contributed by atoms with Crippen molar-refractivity contribution in [3.63, 3.8) is 0 Å². The van der Waals surface area contributed by atoms with Crippen molar-refractivity contribution >= 4 is 15.7 Å². The van der Waals surface area contributed by atoms with E-state index < -0.39 is 31.3 Å². The van der Waals surface area contributed by atoms with Crippen LogP contribution in [0.5, 0.6) is 0 Å². The number of nitrogens with zero attached hydrogens (tertiary/aromatic N) is 1. The lowest BCUT2D eigenvalue weighted by Gasteiger charge is -2.09. The quantitative estimate of drug-likeness (QED) is 0.387. The third-order valence-electron chi connectivity index (χ3n) is 2.87. The molecule has 0 bridgehead atoms. The lowest BCUT2D eigenvalue weighted by molar-refractivity contribution is -0.385. The maximum Gasteiger partial charge on any atom is 0.276 e. The zero-order valence-corrected chi connectivity index (χ0v) is 13.1. The average molecular weight is 335 g/mol. The first kappa shape index (κ1) is 18.4. The van der Waals surface area contributed by atoms with Crippen molar-refractivity contribution in [2.75, 3.05) is 33.4 Å². The molecule has 1 rings (SSSR count). The van der Waals surface area contributed by atoms with Gasteiger partial charge in [0.1, 0.15) is 5.82 Å². The molecule has 124 valence electrons. The summed E-state index contributed by atoms with van der Waals surface area (Å²) in [5.74, 6) is -0.937. The van der Waals surface area contributed by atoms with Crippen LogP contribution >= 0.6 is 0 Å².